The number of carboxylic acid groups (broad SMARTS) is 1. The zero-order chi connectivity index (χ0) is 13.2. The summed E-state index contributed by atoms with van der Waals surface area (Å²) < 4.78 is 36.1. The highest BCUT2D eigenvalue weighted by Gasteiger charge is 2.25. The van der Waals surface area contributed by atoms with Gasteiger partial charge in [-0.15, -0.1) is 0 Å². The summed E-state index contributed by atoms with van der Waals surface area (Å²) >= 11 is 0. The van der Waals surface area contributed by atoms with E-state index in [4.69, 9.17) is 14.3 Å². The van der Waals surface area contributed by atoms with Crippen LogP contribution in [0.2, 0.25) is 0 Å². The SMILES string of the molecule is O=C(O)c1ccc(S(=O)(=O)NC2CCCOC2)o1. The van der Waals surface area contributed by atoms with Gasteiger partial charge in [0.25, 0.3) is 10.0 Å². The molecule has 1 unspecified atom stereocenters. The fraction of sp³-hybridized carbons (Fsp3) is 0.500. The topological polar surface area (TPSA) is 106 Å². The van der Waals surface area contributed by atoms with Crippen LogP contribution in [0.3, 0.4) is 0 Å². The number of ether oxygens (including phenoxy) is 1. The molecule has 0 spiro atoms. The first-order chi connectivity index (χ1) is 8.49. The fourth-order valence-corrected chi connectivity index (χ4v) is 2.88. The molecule has 0 bridgehead atoms. The van der Waals surface area contributed by atoms with Gasteiger partial charge < -0.3 is 14.3 Å². The maximum atomic E-state index is 11.9. The molecule has 2 N–H and O–H groups in total. The van der Waals surface area contributed by atoms with E-state index in [0.29, 0.717) is 19.6 Å². The van der Waals surface area contributed by atoms with E-state index in [-0.39, 0.29) is 6.04 Å². The van der Waals surface area contributed by atoms with Crippen molar-refractivity contribution in [2.75, 3.05) is 13.2 Å². The highest BCUT2D eigenvalue weighted by Crippen LogP contribution is 2.16. The van der Waals surface area contributed by atoms with Crippen LogP contribution in [0.5, 0.6) is 0 Å². The molecule has 0 amide bonds. The lowest BCUT2D eigenvalue weighted by Gasteiger charge is -2.22. The van der Waals surface area contributed by atoms with Crippen LogP contribution in [-0.4, -0.2) is 38.7 Å². The Hall–Kier alpha value is -1.38. The lowest BCUT2D eigenvalue weighted by molar-refractivity contribution is 0.0655. The van der Waals surface area contributed by atoms with E-state index in [9.17, 15) is 13.2 Å². The Bertz CT molecular complexity index is 528. The molecular formula is C10H13NO6S. The van der Waals surface area contributed by atoms with Gasteiger partial charge in [0.15, 0.2) is 0 Å². The molecule has 1 aromatic rings. The van der Waals surface area contributed by atoms with Gasteiger partial charge in [-0.2, -0.15) is 0 Å². The van der Waals surface area contributed by atoms with Crippen molar-refractivity contribution in [1.82, 2.24) is 4.72 Å². The van der Waals surface area contributed by atoms with Crippen LogP contribution in [0.15, 0.2) is 21.6 Å². The van der Waals surface area contributed by atoms with Crippen LogP contribution in [0, 0.1) is 0 Å². The Morgan fingerprint density at radius 3 is 2.78 bits per heavy atom. The Morgan fingerprint density at radius 2 is 2.22 bits per heavy atom. The van der Waals surface area contributed by atoms with Crippen LogP contribution in [-0.2, 0) is 14.8 Å². The third-order valence-electron chi connectivity index (χ3n) is 2.54. The number of aromatic carboxylic acids is 1. The average Bonchev–Trinajstić information content (AvgIpc) is 2.79. The van der Waals surface area contributed by atoms with E-state index < -0.39 is 26.8 Å². The molecule has 7 nitrogen and oxygen atoms in total. The number of furan rings is 1. The Balaban J connectivity index is 2.11. The van der Waals surface area contributed by atoms with Crippen LogP contribution in [0.4, 0.5) is 0 Å². The number of carbonyl (C=O) groups is 1. The van der Waals surface area contributed by atoms with Gasteiger partial charge in [-0.05, 0) is 25.0 Å². The van der Waals surface area contributed by atoms with E-state index in [2.05, 4.69) is 4.72 Å². The smallest absolute Gasteiger partial charge is 0.371 e. The van der Waals surface area contributed by atoms with Gasteiger partial charge in [-0.3, -0.25) is 0 Å². The van der Waals surface area contributed by atoms with E-state index in [0.717, 1.165) is 18.6 Å². The van der Waals surface area contributed by atoms with E-state index in [1.807, 2.05) is 0 Å². The minimum atomic E-state index is -3.83. The molecule has 8 heteroatoms. The quantitative estimate of drug-likeness (QED) is 0.825. The zero-order valence-corrected chi connectivity index (χ0v) is 10.3. The average molecular weight is 275 g/mol. The predicted octanol–water partition coefficient (Wildman–Crippen LogP) is 0.435. The van der Waals surface area contributed by atoms with Crippen molar-refractivity contribution in [2.45, 2.75) is 24.0 Å². The lowest BCUT2D eigenvalue weighted by Crippen LogP contribution is -2.40. The van der Waals surface area contributed by atoms with E-state index >= 15 is 0 Å². The molecular weight excluding hydrogens is 262 g/mol. The number of carboxylic acids is 1. The fourth-order valence-electron chi connectivity index (χ4n) is 1.69. The third-order valence-corrected chi connectivity index (χ3v) is 3.93. The maximum absolute atomic E-state index is 11.9. The normalized spacial score (nSPS) is 20.8. The van der Waals surface area contributed by atoms with Gasteiger partial charge in [-0.1, -0.05) is 0 Å². The van der Waals surface area contributed by atoms with Crippen LogP contribution < -0.4 is 4.72 Å². The standard InChI is InChI=1S/C10H13NO6S/c12-10(13)8-3-4-9(17-8)18(14,15)11-7-2-1-5-16-6-7/h3-4,7,11H,1-2,5-6H2,(H,12,13). The molecule has 2 heterocycles. The minimum Gasteiger partial charge on any atom is -0.475 e. The number of nitrogens with one attached hydrogen (secondary N) is 1. The Kier molecular flexibility index (Phi) is 3.69. The molecule has 100 valence electrons. The maximum Gasteiger partial charge on any atom is 0.371 e. The molecule has 1 saturated heterocycles. The Morgan fingerprint density at radius 1 is 1.44 bits per heavy atom. The minimum absolute atomic E-state index is 0.304. The number of rotatable bonds is 4. The molecule has 1 aliphatic rings. The van der Waals surface area contributed by atoms with Gasteiger partial charge in [0.1, 0.15) is 0 Å². The van der Waals surface area contributed by atoms with Crippen molar-refractivity contribution in [3.05, 3.63) is 17.9 Å². The summed E-state index contributed by atoms with van der Waals surface area (Å²) in [5.41, 5.74) is 0. The molecule has 0 aliphatic carbocycles. The summed E-state index contributed by atoms with van der Waals surface area (Å²) in [5, 5.41) is 8.26. The molecule has 18 heavy (non-hydrogen) atoms. The molecule has 0 radical (unpaired) electrons. The van der Waals surface area contributed by atoms with Gasteiger partial charge in [-0.25, -0.2) is 17.9 Å². The molecule has 1 fully saturated rings. The van der Waals surface area contributed by atoms with Crippen molar-refractivity contribution < 1.29 is 27.5 Å². The lowest BCUT2D eigenvalue weighted by atomic mass is 10.1. The van der Waals surface area contributed by atoms with Gasteiger partial charge in [0.2, 0.25) is 10.9 Å². The number of sulfonamides is 1. The summed E-state index contributed by atoms with van der Waals surface area (Å²) in [7, 11) is -3.83. The number of hydrogen-bond acceptors (Lipinski definition) is 5. The van der Waals surface area contributed by atoms with Crippen molar-refractivity contribution in [3.63, 3.8) is 0 Å². The van der Waals surface area contributed by atoms with Gasteiger partial charge in [0, 0.05) is 12.6 Å². The second-order valence-corrected chi connectivity index (χ2v) is 5.60. The summed E-state index contributed by atoms with van der Waals surface area (Å²) in [6, 6.07) is 1.92. The van der Waals surface area contributed by atoms with Gasteiger partial charge >= 0.3 is 5.97 Å². The molecule has 2 rings (SSSR count). The van der Waals surface area contributed by atoms with Crippen LogP contribution in [0.1, 0.15) is 23.4 Å². The summed E-state index contributed by atoms with van der Waals surface area (Å²) in [6.45, 7) is 0.938. The second-order valence-electron chi connectivity index (χ2n) is 3.96. The molecule has 0 saturated carbocycles. The molecule has 1 aliphatic heterocycles. The van der Waals surface area contributed by atoms with Crippen molar-refractivity contribution in [2.24, 2.45) is 0 Å². The first kappa shape index (κ1) is 13.1. The number of hydrogen-bond donors (Lipinski definition) is 2. The van der Waals surface area contributed by atoms with Crippen molar-refractivity contribution >= 4 is 16.0 Å². The van der Waals surface area contributed by atoms with Crippen molar-refractivity contribution in [3.8, 4) is 0 Å². The predicted molar refractivity (Wildman–Crippen MR) is 59.8 cm³/mol. The summed E-state index contributed by atoms with van der Waals surface area (Å²) in [5.74, 6) is -1.72. The molecule has 0 aromatic carbocycles. The summed E-state index contributed by atoms with van der Waals surface area (Å²) in [6.07, 6.45) is 1.47. The largest absolute Gasteiger partial charge is 0.475 e. The third kappa shape index (κ3) is 2.89. The van der Waals surface area contributed by atoms with E-state index in [1.165, 1.54) is 0 Å². The van der Waals surface area contributed by atoms with Crippen LogP contribution >= 0.6 is 0 Å². The van der Waals surface area contributed by atoms with E-state index in [1.54, 1.807) is 0 Å². The van der Waals surface area contributed by atoms with Gasteiger partial charge in [0.05, 0.1) is 6.61 Å². The first-order valence-corrected chi connectivity index (χ1v) is 6.90. The Labute approximate surface area is 104 Å². The van der Waals surface area contributed by atoms with Crippen molar-refractivity contribution in [1.29, 1.82) is 0 Å². The molecule has 1 atom stereocenters. The first-order valence-electron chi connectivity index (χ1n) is 5.42. The van der Waals surface area contributed by atoms with Crippen LogP contribution in [0.25, 0.3) is 0 Å². The highest BCUT2D eigenvalue weighted by molar-refractivity contribution is 7.89. The second kappa shape index (κ2) is 5.09. The summed E-state index contributed by atoms with van der Waals surface area (Å²) in [4.78, 5) is 10.6. The zero-order valence-electron chi connectivity index (χ0n) is 9.46. The molecule has 1 aromatic heterocycles. The monoisotopic (exact) mass is 275 g/mol. The highest BCUT2D eigenvalue weighted by atomic mass is 32.2.